The van der Waals surface area contributed by atoms with E-state index < -0.39 is 0 Å². The van der Waals surface area contributed by atoms with Crippen LogP contribution >= 0.6 is 0 Å². The van der Waals surface area contributed by atoms with Crippen LogP contribution in [0.3, 0.4) is 0 Å². The van der Waals surface area contributed by atoms with Crippen molar-refractivity contribution in [1.82, 2.24) is 25.0 Å². The maximum Gasteiger partial charge on any atom is 0.225 e. The molecule has 8 heteroatoms. The molecule has 8 nitrogen and oxygen atoms in total. The molecule has 0 aliphatic carbocycles. The molecule has 1 saturated heterocycles. The number of aromatic nitrogens is 3. The Morgan fingerprint density at radius 1 is 1.42 bits per heavy atom. The third-order valence-corrected chi connectivity index (χ3v) is 4.62. The number of nitrogens with one attached hydrogen (secondary N) is 1. The fourth-order valence-corrected chi connectivity index (χ4v) is 3.34. The highest BCUT2D eigenvalue weighted by atomic mass is 16.3. The average Bonchev–Trinajstić information content (AvgIpc) is 3.31. The molecule has 0 radical (unpaired) electrons. The summed E-state index contributed by atoms with van der Waals surface area (Å²) in [6.07, 6.45) is 3.84. The third kappa shape index (κ3) is 2.79. The average molecular weight is 329 g/mol. The van der Waals surface area contributed by atoms with E-state index in [4.69, 9.17) is 4.42 Å². The smallest absolute Gasteiger partial charge is 0.225 e. The van der Waals surface area contributed by atoms with Crippen LogP contribution in [-0.2, 0) is 35.6 Å². The normalized spacial score (nSPS) is 19.8. The molecule has 1 N–H and O–H groups in total. The lowest BCUT2D eigenvalue weighted by atomic mass is 10.1. The number of aryl methyl sites for hydroxylation is 1. The molecule has 24 heavy (non-hydrogen) atoms. The minimum atomic E-state index is -0.326. The van der Waals surface area contributed by atoms with Crippen LogP contribution in [0.4, 0.5) is 0 Å². The molecule has 0 bridgehead atoms. The fraction of sp³-hybridized carbons (Fsp3) is 0.500. The van der Waals surface area contributed by atoms with E-state index in [0.717, 1.165) is 36.8 Å². The summed E-state index contributed by atoms with van der Waals surface area (Å²) in [5.41, 5.74) is 0. The maximum atomic E-state index is 12.4. The number of nitrogens with zero attached hydrogens (tertiary/aromatic N) is 4. The lowest BCUT2D eigenvalue weighted by Crippen LogP contribution is -2.33. The second kappa shape index (κ2) is 6.10. The number of carbonyl (C=O) groups excluding carboxylic acids is 2. The molecule has 1 atom stereocenters. The second-order valence-electron chi connectivity index (χ2n) is 6.26. The second-order valence-corrected chi connectivity index (χ2v) is 6.26. The third-order valence-electron chi connectivity index (χ3n) is 4.62. The van der Waals surface area contributed by atoms with Crippen LogP contribution < -0.4 is 5.32 Å². The van der Waals surface area contributed by atoms with Crippen molar-refractivity contribution < 1.29 is 14.0 Å². The highest BCUT2D eigenvalue weighted by molar-refractivity contribution is 5.89. The maximum absolute atomic E-state index is 12.4. The lowest BCUT2D eigenvalue weighted by Gasteiger charge is -2.15. The van der Waals surface area contributed by atoms with Crippen LogP contribution in [0.15, 0.2) is 22.8 Å². The molecular formula is C16H19N5O3. The van der Waals surface area contributed by atoms with Gasteiger partial charge in [0.2, 0.25) is 11.8 Å². The van der Waals surface area contributed by atoms with Gasteiger partial charge in [0.15, 0.2) is 5.82 Å². The van der Waals surface area contributed by atoms with E-state index in [1.165, 1.54) is 0 Å². The van der Waals surface area contributed by atoms with Crippen molar-refractivity contribution >= 4 is 11.8 Å². The van der Waals surface area contributed by atoms with Crippen molar-refractivity contribution in [3.8, 4) is 0 Å². The summed E-state index contributed by atoms with van der Waals surface area (Å²) < 4.78 is 7.32. The molecule has 126 valence electrons. The van der Waals surface area contributed by atoms with Gasteiger partial charge in [-0.15, -0.1) is 10.2 Å². The van der Waals surface area contributed by atoms with E-state index in [1.54, 1.807) is 17.2 Å². The monoisotopic (exact) mass is 329 g/mol. The summed E-state index contributed by atoms with van der Waals surface area (Å²) in [7, 11) is 0. The van der Waals surface area contributed by atoms with Crippen molar-refractivity contribution in [2.24, 2.45) is 5.92 Å². The Kier molecular flexibility index (Phi) is 3.79. The quantitative estimate of drug-likeness (QED) is 0.861. The highest BCUT2D eigenvalue weighted by Gasteiger charge is 2.34. The highest BCUT2D eigenvalue weighted by Crippen LogP contribution is 2.21. The number of hydrogen-bond acceptors (Lipinski definition) is 5. The molecular weight excluding hydrogens is 310 g/mol. The summed E-state index contributed by atoms with van der Waals surface area (Å²) >= 11 is 0. The van der Waals surface area contributed by atoms with Gasteiger partial charge in [0.1, 0.15) is 11.6 Å². The molecule has 2 aliphatic rings. The van der Waals surface area contributed by atoms with Crippen LogP contribution in [-0.4, -0.2) is 38.0 Å². The Hall–Kier alpha value is -2.64. The number of furan rings is 1. The molecule has 0 spiro atoms. The molecule has 4 heterocycles. The van der Waals surface area contributed by atoms with Crippen molar-refractivity contribution in [1.29, 1.82) is 0 Å². The van der Waals surface area contributed by atoms with Gasteiger partial charge in [-0.05, 0) is 18.6 Å². The van der Waals surface area contributed by atoms with Crippen LogP contribution in [0, 0.1) is 5.92 Å². The number of amides is 2. The Bertz CT molecular complexity index is 752. The molecule has 4 rings (SSSR count). The van der Waals surface area contributed by atoms with E-state index in [-0.39, 0.29) is 24.2 Å². The Morgan fingerprint density at radius 2 is 2.33 bits per heavy atom. The summed E-state index contributed by atoms with van der Waals surface area (Å²) in [6, 6.07) is 3.61. The summed E-state index contributed by atoms with van der Waals surface area (Å²) in [6.45, 7) is 2.09. The van der Waals surface area contributed by atoms with Gasteiger partial charge in [0.05, 0.1) is 25.3 Å². The predicted octanol–water partition coefficient (Wildman–Crippen LogP) is 0.482. The van der Waals surface area contributed by atoms with Gasteiger partial charge in [0.25, 0.3) is 0 Å². The summed E-state index contributed by atoms with van der Waals surface area (Å²) in [5.74, 6) is 2.04. The minimum absolute atomic E-state index is 0.0186. The molecule has 2 aliphatic heterocycles. The predicted molar refractivity (Wildman–Crippen MR) is 82.4 cm³/mol. The van der Waals surface area contributed by atoms with E-state index in [9.17, 15) is 9.59 Å². The number of fused-ring (bicyclic) bond motifs is 1. The topological polar surface area (TPSA) is 93.3 Å². The fourth-order valence-electron chi connectivity index (χ4n) is 3.34. The number of carbonyl (C=O) groups is 2. The molecule has 0 saturated carbocycles. The number of rotatable bonds is 5. The van der Waals surface area contributed by atoms with Crippen LogP contribution in [0.25, 0.3) is 0 Å². The molecule has 0 unspecified atom stereocenters. The largest absolute Gasteiger partial charge is 0.467 e. The van der Waals surface area contributed by atoms with E-state index >= 15 is 0 Å². The zero-order valence-electron chi connectivity index (χ0n) is 13.3. The Balaban J connectivity index is 1.32. The van der Waals surface area contributed by atoms with Gasteiger partial charge in [0, 0.05) is 25.9 Å². The summed E-state index contributed by atoms with van der Waals surface area (Å²) in [5, 5.41) is 11.1. The first-order valence-corrected chi connectivity index (χ1v) is 8.19. The molecule has 2 amide bonds. The van der Waals surface area contributed by atoms with Crippen molar-refractivity contribution in [2.45, 2.75) is 38.9 Å². The van der Waals surface area contributed by atoms with Crippen LogP contribution in [0.5, 0.6) is 0 Å². The first-order chi connectivity index (χ1) is 11.7. The first-order valence-electron chi connectivity index (χ1n) is 8.19. The molecule has 2 aromatic rings. The van der Waals surface area contributed by atoms with E-state index in [0.29, 0.717) is 19.6 Å². The first kappa shape index (κ1) is 14.9. The van der Waals surface area contributed by atoms with Gasteiger partial charge >= 0.3 is 0 Å². The van der Waals surface area contributed by atoms with Gasteiger partial charge in [-0.25, -0.2) is 0 Å². The van der Waals surface area contributed by atoms with Crippen molar-refractivity contribution in [2.75, 3.05) is 6.54 Å². The Morgan fingerprint density at radius 3 is 3.17 bits per heavy atom. The van der Waals surface area contributed by atoms with Gasteiger partial charge < -0.3 is 19.2 Å². The molecule has 2 aromatic heterocycles. The van der Waals surface area contributed by atoms with Crippen molar-refractivity contribution in [3.63, 3.8) is 0 Å². The lowest BCUT2D eigenvalue weighted by molar-refractivity contribution is -0.129. The molecule has 1 fully saturated rings. The van der Waals surface area contributed by atoms with Gasteiger partial charge in [-0.1, -0.05) is 0 Å². The standard InChI is InChI=1S/C16H19N5O3/c22-15-7-11(9-20(15)10-12-3-2-6-24-12)16(23)17-8-14-19-18-13-4-1-5-21(13)14/h2-3,6,11H,1,4-5,7-10H2,(H,17,23)/t11-/m1/s1. The van der Waals surface area contributed by atoms with Gasteiger partial charge in [-0.3, -0.25) is 9.59 Å². The SMILES string of the molecule is O=C(NCc1nnc2n1CCC2)[C@@H]1CC(=O)N(Cc2ccco2)C1. The van der Waals surface area contributed by atoms with Crippen LogP contribution in [0.1, 0.15) is 30.3 Å². The van der Waals surface area contributed by atoms with Gasteiger partial charge in [-0.2, -0.15) is 0 Å². The number of likely N-dealkylation sites (tertiary alicyclic amines) is 1. The minimum Gasteiger partial charge on any atom is -0.467 e. The molecule has 0 aromatic carbocycles. The van der Waals surface area contributed by atoms with E-state index in [2.05, 4.69) is 20.1 Å². The van der Waals surface area contributed by atoms with E-state index in [1.807, 2.05) is 6.07 Å². The number of hydrogen-bond donors (Lipinski definition) is 1. The summed E-state index contributed by atoms with van der Waals surface area (Å²) in [4.78, 5) is 26.1. The zero-order valence-corrected chi connectivity index (χ0v) is 13.3. The van der Waals surface area contributed by atoms with Crippen LogP contribution in [0.2, 0.25) is 0 Å². The van der Waals surface area contributed by atoms with Crippen molar-refractivity contribution in [3.05, 3.63) is 35.8 Å². The zero-order chi connectivity index (χ0) is 16.5. The Labute approximate surface area is 138 Å².